The van der Waals surface area contributed by atoms with Crippen LogP contribution in [0.1, 0.15) is 45.6 Å². The van der Waals surface area contributed by atoms with Crippen LogP contribution in [0.15, 0.2) is 52.6 Å². The Labute approximate surface area is 148 Å². The first-order chi connectivity index (χ1) is 11.9. The number of hydrogen-bond donors (Lipinski definition) is 1. The first-order valence-electron chi connectivity index (χ1n) is 8.69. The largest absolute Gasteiger partial charge is 0.355 e. The highest BCUT2D eigenvalue weighted by molar-refractivity contribution is 6.24. The summed E-state index contributed by atoms with van der Waals surface area (Å²) in [4.78, 5) is 37.2. The molecule has 1 fully saturated rings. The highest BCUT2D eigenvalue weighted by atomic mass is 16.2. The zero-order valence-corrected chi connectivity index (χ0v) is 14.9. The van der Waals surface area contributed by atoms with Crippen LogP contribution in [0.4, 0.5) is 0 Å². The predicted molar refractivity (Wildman–Crippen MR) is 96.1 cm³/mol. The zero-order valence-electron chi connectivity index (χ0n) is 14.9. The third-order valence-corrected chi connectivity index (χ3v) is 5.48. The number of Topliss-reactive ketones (excluding diaryl/α,β-unsaturated/α-hetero) is 2. The quantitative estimate of drug-likeness (QED) is 0.840. The molecule has 130 valence electrons. The van der Waals surface area contributed by atoms with Gasteiger partial charge in [0.1, 0.15) is 0 Å². The third-order valence-electron chi connectivity index (χ3n) is 5.48. The Morgan fingerprint density at radius 3 is 2.16 bits per heavy atom. The fourth-order valence-corrected chi connectivity index (χ4v) is 3.46. The van der Waals surface area contributed by atoms with Crippen molar-refractivity contribution in [3.05, 3.63) is 58.2 Å². The number of rotatable bonds is 5. The van der Waals surface area contributed by atoms with Crippen LogP contribution in [0.3, 0.4) is 0 Å². The molecule has 0 aliphatic heterocycles. The van der Waals surface area contributed by atoms with Crippen LogP contribution in [-0.4, -0.2) is 24.0 Å². The van der Waals surface area contributed by atoms with Crippen LogP contribution in [-0.2, 0) is 19.8 Å². The van der Waals surface area contributed by atoms with Gasteiger partial charge in [0, 0.05) is 28.8 Å². The van der Waals surface area contributed by atoms with Crippen molar-refractivity contribution < 1.29 is 14.4 Å². The highest BCUT2D eigenvalue weighted by Crippen LogP contribution is 2.48. The molecule has 0 bridgehead atoms. The lowest BCUT2D eigenvalue weighted by Crippen LogP contribution is -2.36. The van der Waals surface area contributed by atoms with Crippen molar-refractivity contribution in [1.82, 2.24) is 5.32 Å². The van der Waals surface area contributed by atoms with Gasteiger partial charge in [-0.25, -0.2) is 0 Å². The molecule has 4 nitrogen and oxygen atoms in total. The summed E-state index contributed by atoms with van der Waals surface area (Å²) in [6.45, 7) is 5.44. The molecule has 25 heavy (non-hydrogen) atoms. The van der Waals surface area contributed by atoms with Gasteiger partial charge in [0.25, 0.3) is 0 Å². The molecule has 0 heterocycles. The maximum atomic E-state index is 12.6. The van der Waals surface area contributed by atoms with E-state index in [-0.39, 0.29) is 17.5 Å². The van der Waals surface area contributed by atoms with E-state index < -0.39 is 5.41 Å². The normalized spacial score (nSPS) is 19.3. The van der Waals surface area contributed by atoms with Crippen LogP contribution in [0, 0.1) is 0 Å². The molecular formula is C21H23NO3. The number of hydrogen-bond acceptors (Lipinski definition) is 3. The lowest BCUT2D eigenvalue weighted by molar-refractivity contribution is -0.123. The summed E-state index contributed by atoms with van der Waals surface area (Å²) in [6, 6.07) is 9.80. The smallest absolute Gasteiger partial charge is 0.230 e. The van der Waals surface area contributed by atoms with Gasteiger partial charge in [0.15, 0.2) is 11.6 Å². The van der Waals surface area contributed by atoms with Crippen molar-refractivity contribution in [3.8, 4) is 0 Å². The Kier molecular flexibility index (Phi) is 4.46. The molecule has 0 unspecified atom stereocenters. The Hall–Kier alpha value is -2.49. The van der Waals surface area contributed by atoms with Crippen molar-refractivity contribution >= 4 is 17.5 Å². The average Bonchev–Trinajstić information content (AvgIpc) is 3.44. The zero-order chi connectivity index (χ0) is 18.2. The maximum absolute atomic E-state index is 12.6. The summed E-state index contributed by atoms with van der Waals surface area (Å²) in [5.41, 5.74) is 2.70. The minimum absolute atomic E-state index is 0.00924. The number of carbonyl (C=O) groups excluding carboxylic acids is 3. The second-order valence-corrected chi connectivity index (χ2v) is 6.97. The van der Waals surface area contributed by atoms with E-state index in [4.69, 9.17) is 0 Å². The van der Waals surface area contributed by atoms with Crippen LogP contribution in [0.25, 0.3) is 0 Å². The van der Waals surface area contributed by atoms with Gasteiger partial charge in [-0.05, 0) is 45.6 Å². The molecule has 4 heteroatoms. The molecule has 1 saturated carbocycles. The second kappa shape index (κ2) is 6.43. The van der Waals surface area contributed by atoms with E-state index in [1.165, 1.54) is 0 Å². The van der Waals surface area contributed by atoms with Gasteiger partial charge in [-0.2, -0.15) is 0 Å². The van der Waals surface area contributed by atoms with Gasteiger partial charge in [-0.1, -0.05) is 30.3 Å². The number of allylic oxidation sites excluding steroid dienone is 3. The van der Waals surface area contributed by atoms with Crippen LogP contribution in [0.5, 0.6) is 0 Å². The molecular weight excluding hydrogens is 314 g/mol. The summed E-state index contributed by atoms with van der Waals surface area (Å²) in [7, 11) is 0. The second-order valence-electron chi connectivity index (χ2n) is 6.97. The molecule has 0 atom stereocenters. The SMILES string of the molecule is CC1=C(C)C(=O)C(CCNC(=O)C2(c3ccccc3)CC2)=C(C)C1=O. The molecule has 1 amide bonds. The van der Waals surface area contributed by atoms with Crippen LogP contribution >= 0.6 is 0 Å². The van der Waals surface area contributed by atoms with Crippen molar-refractivity contribution in [1.29, 1.82) is 0 Å². The number of amides is 1. The lowest BCUT2D eigenvalue weighted by atomic mass is 9.84. The van der Waals surface area contributed by atoms with E-state index >= 15 is 0 Å². The van der Waals surface area contributed by atoms with Gasteiger partial charge in [-0.3, -0.25) is 14.4 Å². The van der Waals surface area contributed by atoms with Crippen molar-refractivity contribution in [2.75, 3.05) is 6.54 Å². The molecule has 1 aromatic carbocycles. The van der Waals surface area contributed by atoms with E-state index in [0.717, 1.165) is 18.4 Å². The Balaban J connectivity index is 1.65. The summed E-state index contributed by atoms with van der Waals surface area (Å²) in [5.74, 6) is -0.135. The van der Waals surface area contributed by atoms with Gasteiger partial charge in [-0.15, -0.1) is 0 Å². The summed E-state index contributed by atoms with van der Waals surface area (Å²) in [5, 5.41) is 2.96. The van der Waals surface area contributed by atoms with E-state index in [9.17, 15) is 14.4 Å². The first-order valence-corrected chi connectivity index (χ1v) is 8.69. The molecule has 3 rings (SSSR count). The summed E-state index contributed by atoms with van der Waals surface area (Å²) < 4.78 is 0. The first kappa shape index (κ1) is 17.3. The summed E-state index contributed by atoms with van der Waals surface area (Å²) >= 11 is 0. The van der Waals surface area contributed by atoms with Gasteiger partial charge < -0.3 is 5.32 Å². The minimum atomic E-state index is -0.413. The molecule has 0 aromatic heterocycles. The third kappa shape index (κ3) is 2.97. The molecule has 0 spiro atoms. The highest BCUT2D eigenvalue weighted by Gasteiger charge is 2.50. The van der Waals surface area contributed by atoms with Crippen molar-refractivity contribution in [3.63, 3.8) is 0 Å². The standard InChI is InChI=1S/C21H23NO3/c1-13-14(2)19(24)17(15(3)18(13)23)9-12-22-20(25)21(10-11-21)16-7-5-4-6-8-16/h4-8H,9-12H2,1-3H3,(H,22,25). The molecule has 2 aliphatic carbocycles. The van der Waals surface area contributed by atoms with Crippen LogP contribution < -0.4 is 5.32 Å². The number of carbonyl (C=O) groups is 3. The van der Waals surface area contributed by atoms with Crippen LogP contribution in [0.2, 0.25) is 0 Å². The monoisotopic (exact) mass is 337 g/mol. The van der Waals surface area contributed by atoms with Gasteiger partial charge in [0.2, 0.25) is 5.91 Å². The minimum Gasteiger partial charge on any atom is -0.355 e. The van der Waals surface area contributed by atoms with Crippen molar-refractivity contribution in [2.24, 2.45) is 0 Å². The average molecular weight is 337 g/mol. The van der Waals surface area contributed by atoms with Gasteiger partial charge >= 0.3 is 0 Å². The number of nitrogens with one attached hydrogen (secondary N) is 1. The van der Waals surface area contributed by atoms with E-state index in [2.05, 4.69) is 5.32 Å². The predicted octanol–water partition coefficient (Wildman–Crippen LogP) is 3.03. The van der Waals surface area contributed by atoms with E-state index in [0.29, 0.717) is 35.3 Å². The Morgan fingerprint density at radius 2 is 1.56 bits per heavy atom. The molecule has 0 saturated heterocycles. The topological polar surface area (TPSA) is 63.2 Å². The molecule has 0 radical (unpaired) electrons. The Bertz CT molecular complexity index is 811. The fourth-order valence-electron chi connectivity index (χ4n) is 3.46. The Morgan fingerprint density at radius 1 is 0.960 bits per heavy atom. The fraction of sp³-hybridized carbons (Fsp3) is 0.381. The number of ketones is 2. The van der Waals surface area contributed by atoms with Gasteiger partial charge in [0.05, 0.1) is 5.41 Å². The molecule has 1 aromatic rings. The number of benzene rings is 1. The van der Waals surface area contributed by atoms with E-state index in [1.54, 1.807) is 20.8 Å². The maximum Gasteiger partial charge on any atom is 0.230 e. The molecule has 2 aliphatic rings. The molecule has 1 N–H and O–H groups in total. The summed E-state index contributed by atoms with van der Waals surface area (Å²) in [6.07, 6.45) is 2.09. The van der Waals surface area contributed by atoms with E-state index in [1.807, 2.05) is 30.3 Å². The van der Waals surface area contributed by atoms with Crippen molar-refractivity contribution in [2.45, 2.75) is 45.4 Å². The lowest BCUT2D eigenvalue weighted by Gasteiger charge is -2.20.